The molecule has 5 heteroatoms. The largest absolute Gasteiger partial charge is 0.481 e. The van der Waals surface area contributed by atoms with Crippen LogP contribution in [0.5, 0.6) is 0 Å². The Morgan fingerprint density at radius 1 is 1.59 bits per heavy atom. The van der Waals surface area contributed by atoms with Crippen molar-refractivity contribution in [1.29, 1.82) is 5.26 Å². The number of carbonyl (C=O) groups is 1. The van der Waals surface area contributed by atoms with Crippen LogP contribution in [0, 0.1) is 16.7 Å². The van der Waals surface area contributed by atoms with Crippen molar-refractivity contribution in [2.45, 2.75) is 31.8 Å². The normalized spacial score (nSPS) is 27.4. The molecule has 0 spiro atoms. The molecule has 1 saturated carbocycles. The van der Waals surface area contributed by atoms with Crippen molar-refractivity contribution >= 4 is 5.97 Å². The van der Waals surface area contributed by atoms with Gasteiger partial charge in [0.25, 0.3) is 0 Å². The van der Waals surface area contributed by atoms with Crippen LogP contribution in [0.2, 0.25) is 0 Å². The van der Waals surface area contributed by atoms with Gasteiger partial charge in [0.15, 0.2) is 0 Å². The summed E-state index contributed by atoms with van der Waals surface area (Å²) in [6.07, 6.45) is 2.75. The zero-order valence-electron chi connectivity index (χ0n) is 9.89. The number of ether oxygens (including phenoxy) is 1. The lowest BCUT2D eigenvalue weighted by Crippen LogP contribution is -2.45. The van der Waals surface area contributed by atoms with Gasteiger partial charge in [-0.25, -0.2) is 0 Å². The molecule has 2 rings (SSSR count). The number of carboxylic acids is 1. The van der Waals surface area contributed by atoms with Crippen LogP contribution in [-0.2, 0) is 9.53 Å². The van der Waals surface area contributed by atoms with Crippen LogP contribution in [0.1, 0.15) is 25.7 Å². The van der Waals surface area contributed by atoms with E-state index in [4.69, 9.17) is 15.1 Å². The Kier molecular flexibility index (Phi) is 3.65. The number of hydrogen-bond acceptors (Lipinski definition) is 4. The first-order chi connectivity index (χ1) is 8.13. The molecule has 1 aliphatic carbocycles. The Balaban J connectivity index is 1.81. The molecule has 1 saturated heterocycles. The molecule has 1 heterocycles. The first kappa shape index (κ1) is 12.3. The predicted octanol–water partition coefficient (Wildman–Crippen LogP) is 0.856. The Hall–Kier alpha value is -1.12. The van der Waals surface area contributed by atoms with Crippen molar-refractivity contribution < 1.29 is 14.6 Å². The van der Waals surface area contributed by atoms with Crippen molar-refractivity contribution in [2.24, 2.45) is 5.41 Å². The lowest BCUT2D eigenvalue weighted by Gasteiger charge is -2.34. The number of aliphatic carboxylic acids is 1. The number of nitriles is 1. The average Bonchev–Trinajstić information content (AvgIpc) is 2.97. The maximum absolute atomic E-state index is 10.6. The first-order valence-corrected chi connectivity index (χ1v) is 6.06. The highest BCUT2D eigenvalue weighted by molar-refractivity contribution is 5.67. The van der Waals surface area contributed by atoms with Crippen LogP contribution < -0.4 is 0 Å². The second-order valence-corrected chi connectivity index (χ2v) is 5.16. The fourth-order valence-corrected chi connectivity index (χ4v) is 2.45. The molecule has 0 aromatic carbocycles. The molecule has 0 amide bonds. The molecule has 2 fully saturated rings. The lowest BCUT2D eigenvalue weighted by atomic mass is 10.0. The van der Waals surface area contributed by atoms with Gasteiger partial charge in [0, 0.05) is 26.1 Å². The molecule has 5 nitrogen and oxygen atoms in total. The van der Waals surface area contributed by atoms with Gasteiger partial charge < -0.3 is 9.84 Å². The molecule has 2 aliphatic rings. The lowest BCUT2D eigenvalue weighted by molar-refractivity contribution is -0.142. The van der Waals surface area contributed by atoms with E-state index in [9.17, 15) is 4.79 Å². The van der Waals surface area contributed by atoms with Gasteiger partial charge >= 0.3 is 5.97 Å². The van der Waals surface area contributed by atoms with Crippen molar-refractivity contribution in [1.82, 2.24) is 4.90 Å². The van der Waals surface area contributed by atoms with Crippen molar-refractivity contribution in [3.8, 4) is 6.07 Å². The van der Waals surface area contributed by atoms with Gasteiger partial charge in [-0.15, -0.1) is 0 Å². The van der Waals surface area contributed by atoms with Gasteiger partial charge in [0.1, 0.15) is 0 Å². The number of rotatable bonds is 5. The number of morpholine rings is 1. The summed E-state index contributed by atoms with van der Waals surface area (Å²) in [4.78, 5) is 12.9. The van der Waals surface area contributed by atoms with Crippen LogP contribution >= 0.6 is 0 Å². The zero-order chi connectivity index (χ0) is 12.3. The molecule has 17 heavy (non-hydrogen) atoms. The van der Waals surface area contributed by atoms with Crippen LogP contribution in [0.4, 0.5) is 0 Å². The predicted molar refractivity (Wildman–Crippen MR) is 60.3 cm³/mol. The summed E-state index contributed by atoms with van der Waals surface area (Å²) in [5, 5.41) is 17.5. The Morgan fingerprint density at radius 2 is 2.35 bits per heavy atom. The van der Waals surface area contributed by atoms with Crippen LogP contribution in [-0.4, -0.2) is 48.3 Å². The molecule has 1 atom stereocenters. The van der Waals surface area contributed by atoms with Crippen LogP contribution in [0.25, 0.3) is 0 Å². The van der Waals surface area contributed by atoms with E-state index in [-0.39, 0.29) is 17.9 Å². The summed E-state index contributed by atoms with van der Waals surface area (Å²) in [5.74, 6) is -0.810. The van der Waals surface area contributed by atoms with Crippen LogP contribution in [0.3, 0.4) is 0 Å². The van der Waals surface area contributed by atoms with Crippen molar-refractivity contribution in [3.05, 3.63) is 0 Å². The summed E-state index contributed by atoms with van der Waals surface area (Å²) in [6.45, 7) is 3.05. The number of nitrogens with zero attached hydrogens (tertiary/aromatic N) is 2. The topological polar surface area (TPSA) is 73.6 Å². The fourth-order valence-electron chi connectivity index (χ4n) is 2.45. The maximum atomic E-state index is 10.6. The standard InChI is InChI=1S/C12H18N2O3/c13-4-3-12(1-2-12)9-14-5-6-17-10(8-14)7-11(15)16/h10H,1-3,5-9H2,(H,15,16). The molecule has 1 N–H and O–H groups in total. The molecule has 1 unspecified atom stereocenters. The minimum atomic E-state index is -0.810. The summed E-state index contributed by atoms with van der Waals surface area (Å²) in [5.41, 5.74) is 0.194. The Labute approximate surface area is 101 Å². The Morgan fingerprint density at radius 3 is 2.94 bits per heavy atom. The number of carboxylic acid groups (broad SMARTS) is 1. The molecule has 0 bridgehead atoms. The van der Waals surface area contributed by atoms with Gasteiger partial charge in [-0.2, -0.15) is 5.26 Å². The first-order valence-electron chi connectivity index (χ1n) is 6.06. The molecule has 0 aromatic heterocycles. The van der Waals surface area contributed by atoms with E-state index in [1.54, 1.807) is 0 Å². The van der Waals surface area contributed by atoms with Crippen molar-refractivity contribution in [2.75, 3.05) is 26.2 Å². The minimum Gasteiger partial charge on any atom is -0.481 e. The van der Waals surface area contributed by atoms with E-state index in [1.165, 1.54) is 0 Å². The quantitative estimate of drug-likeness (QED) is 0.768. The van der Waals surface area contributed by atoms with E-state index in [1.807, 2.05) is 0 Å². The maximum Gasteiger partial charge on any atom is 0.306 e. The molecular formula is C12H18N2O3. The molecule has 0 radical (unpaired) electrons. The van der Waals surface area contributed by atoms with Gasteiger partial charge in [0.05, 0.1) is 25.2 Å². The highest BCUT2D eigenvalue weighted by Crippen LogP contribution is 2.49. The molecule has 0 aromatic rings. The monoisotopic (exact) mass is 238 g/mol. The van der Waals surface area contributed by atoms with E-state index >= 15 is 0 Å². The zero-order valence-corrected chi connectivity index (χ0v) is 9.89. The smallest absolute Gasteiger partial charge is 0.306 e. The fraction of sp³-hybridized carbons (Fsp3) is 0.833. The SMILES string of the molecule is N#CCC1(CN2CCOC(CC(=O)O)C2)CC1. The van der Waals surface area contributed by atoms with Crippen molar-refractivity contribution in [3.63, 3.8) is 0 Å². The number of hydrogen-bond donors (Lipinski definition) is 1. The van der Waals surface area contributed by atoms with E-state index < -0.39 is 5.97 Å². The second kappa shape index (κ2) is 5.03. The second-order valence-electron chi connectivity index (χ2n) is 5.16. The summed E-state index contributed by atoms with van der Waals surface area (Å²) >= 11 is 0. The highest BCUT2D eigenvalue weighted by Gasteiger charge is 2.44. The van der Waals surface area contributed by atoms with Gasteiger partial charge in [-0.3, -0.25) is 9.69 Å². The molecule has 1 aliphatic heterocycles. The Bertz CT molecular complexity index is 333. The van der Waals surface area contributed by atoms with Gasteiger partial charge in [-0.1, -0.05) is 0 Å². The van der Waals surface area contributed by atoms with E-state index in [0.717, 1.165) is 25.9 Å². The van der Waals surface area contributed by atoms with Gasteiger partial charge in [-0.05, 0) is 18.3 Å². The third-order valence-corrected chi connectivity index (χ3v) is 3.60. The van der Waals surface area contributed by atoms with E-state index in [2.05, 4.69) is 11.0 Å². The molecular weight excluding hydrogens is 220 g/mol. The summed E-state index contributed by atoms with van der Waals surface area (Å²) in [6, 6.07) is 2.25. The average molecular weight is 238 g/mol. The van der Waals surface area contributed by atoms with E-state index in [0.29, 0.717) is 19.6 Å². The summed E-state index contributed by atoms with van der Waals surface area (Å²) < 4.78 is 5.43. The molecule has 94 valence electrons. The highest BCUT2D eigenvalue weighted by atomic mass is 16.5. The third-order valence-electron chi connectivity index (χ3n) is 3.60. The minimum absolute atomic E-state index is 0.0712. The van der Waals surface area contributed by atoms with Crippen LogP contribution in [0.15, 0.2) is 0 Å². The third kappa shape index (κ3) is 3.42. The summed E-state index contributed by atoms with van der Waals surface area (Å²) in [7, 11) is 0. The van der Waals surface area contributed by atoms with Gasteiger partial charge in [0.2, 0.25) is 0 Å².